The molecule has 138 valence electrons. The number of rotatable bonds is 4. The van der Waals surface area contributed by atoms with Crippen molar-refractivity contribution in [1.82, 2.24) is 4.90 Å². The molecule has 1 heterocycles. The minimum absolute atomic E-state index is 0.0560. The first kappa shape index (κ1) is 18.1. The lowest BCUT2D eigenvalue weighted by atomic mass is 10.0. The molecule has 0 bridgehead atoms. The molecule has 3 rings (SSSR count). The molecule has 0 aromatic heterocycles. The highest BCUT2D eigenvalue weighted by atomic mass is 19.4. The van der Waals surface area contributed by atoms with E-state index in [1.165, 1.54) is 12.1 Å². The number of carbonyl (C=O) groups excluding carboxylic acids is 1. The van der Waals surface area contributed by atoms with Crippen molar-refractivity contribution in [3.05, 3.63) is 59.7 Å². The predicted molar refractivity (Wildman–Crippen MR) is 89.1 cm³/mol. The van der Waals surface area contributed by atoms with Gasteiger partial charge < -0.3 is 14.4 Å². The van der Waals surface area contributed by atoms with Crippen LogP contribution in [0, 0.1) is 0 Å². The Balaban J connectivity index is 1.75. The molecule has 0 N–H and O–H groups in total. The van der Waals surface area contributed by atoms with Gasteiger partial charge in [-0.25, -0.2) is 0 Å². The molecule has 0 saturated carbocycles. The van der Waals surface area contributed by atoms with Crippen molar-refractivity contribution >= 4 is 5.91 Å². The first-order valence-electron chi connectivity index (χ1n) is 8.18. The highest BCUT2D eigenvalue weighted by Crippen LogP contribution is 2.34. The number of halogens is 3. The summed E-state index contributed by atoms with van der Waals surface area (Å²) < 4.78 is 45.7. The number of amides is 1. The predicted octanol–water partition coefficient (Wildman–Crippen LogP) is 4.57. The van der Waals surface area contributed by atoms with Crippen LogP contribution in [0.2, 0.25) is 0 Å². The second kappa shape index (κ2) is 7.27. The topological polar surface area (TPSA) is 38.8 Å². The Labute approximate surface area is 149 Å². The summed E-state index contributed by atoms with van der Waals surface area (Å²) in [7, 11) is 1.59. The van der Waals surface area contributed by atoms with E-state index in [1.807, 2.05) is 24.3 Å². The Kier molecular flexibility index (Phi) is 5.06. The molecule has 1 fully saturated rings. The third-order valence-corrected chi connectivity index (χ3v) is 4.35. The Morgan fingerprint density at radius 1 is 1.04 bits per heavy atom. The van der Waals surface area contributed by atoms with Crippen LogP contribution in [0.3, 0.4) is 0 Å². The smallest absolute Gasteiger partial charge is 0.497 e. The molecule has 0 aliphatic carbocycles. The molecule has 2 aromatic rings. The van der Waals surface area contributed by atoms with Gasteiger partial charge in [-0.05, 0) is 54.8 Å². The van der Waals surface area contributed by atoms with Crippen LogP contribution in [0.25, 0.3) is 0 Å². The van der Waals surface area contributed by atoms with Crippen molar-refractivity contribution in [3.8, 4) is 11.5 Å². The van der Waals surface area contributed by atoms with E-state index >= 15 is 0 Å². The second-order valence-corrected chi connectivity index (χ2v) is 6.00. The molecule has 1 saturated heterocycles. The minimum atomic E-state index is -4.75. The molecule has 1 atom stereocenters. The third-order valence-electron chi connectivity index (χ3n) is 4.35. The van der Waals surface area contributed by atoms with Crippen LogP contribution in [0.4, 0.5) is 13.2 Å². The molecule has 26 heavy (non-hydrogen) atoms. The zero-order valence-electron chi connectivity index (χ0n) is 14.1. The van der Waals surface area contributed by atoms with E-state index in [-0.39, 0.29) is 17.7 Å². The summed E-state index contributed by atoms with van der Waals surface area (Å²) in [4.78, 5) is 14.5. The molecule has 0 spiro atoms. The standard InChI is InChI=1S/C19H18F3NO3/c1-25-15-8-4-13(5-9-15)17-3-2-12-23(17)18(24)14-6-10-16(11-7-14)26-19(20,21)22/h4-11,17H,2-3,12H2,1H3. The second-order valence-electron chi connectivity index (χ2n) is 6.00. The number of hydrogen-bond acceptors (Lipinski definition) is 3. The van der Waals surface area contributed by atoms with Gasteiger partial charge in [-0.1, -0.05) is 12.1 Å². The molecular weight excluding hydrogens is 347 g/mol. The monoisotopic (exact) mass is 365 g/mol. The maximum atomic E-state index is 12.8. The van der Waals surface area contributed by atoms with Gasteiger partial charge >= 0.3 is 6.36 Å². The average Bonchev–Trinajstić information content (AvgIpc) is 3.10. The summed E-state index contributed by atoms with van der Waals surface area (Å²) in [6.45, 7) is 0.607. The highest BCUT2D eigenvalue weighted by Gasteiger charge is 2.32. The summed E-state index contributed by atoms with van der Waals surface area (Å²) in [5.74, 6) is 0.189. The van der Waals surface area contributed by atoms with E-state index in [0.717, 1.165) is 36.3 Å². The maximum absolute atomic E-state index is 12.8. The summed E-state index contributed by atoms with van der Waals surface area (Å²) in [6, 6.07) is 12.5. The van der Waals surface area contributed by atoms with E-state index in [0.29, 0.717) is 12.1 Å². The summed E-state index contributed by atoms with van der Waals surface area (Å²) >= 11 is 0. The molecular formula is C19H18F3NO3. The molecule has 4 nitrogen and oxygen atoms in total. The van der Waals surface area contributed by atoms with Crippen molar-refractivity contribution in [2.75, 3.05) is 13.7 Å². The number of benzene rings is 2. The lowest BCUT2D eigenvalue weighted by Crippen LogP contribution is -2.30. The number of alkyl halides is 3. The number of carbonyl (C=O) groups is 1. The van der Waals surface area contributed by atoms with Crippen LogP contribution in [-0.2, 0) is 0 Å². The van der Waals surface area contributed by atoms with Crippen LogP contribution < -0.4 is 9.47 Å². The van der Waals surface area contributed by atoms with Gasteiger partial charge in [-0.15, -0.1) is 13.2 Å². The van der Waals surface area contributed by atoms with E-state index in [9.17, 15) is 18.0 Å². The van der Waals surface area contributed by atoms with Crippen LogP contribution in [0.1, 0.15) is 34.8 Å². The number of likely N-dealkylation sites (tertiary alicyclic amines) is 1. The fourth-order valence-corrected chi connectivity index (χ4v) is 3.15. The van der Waals surface area contributed by atoms with Crippen LogP contribution >= 0.6 is 0 Å². The first-order valence-corrected chi connectivity index (χ1v) is 8.18. The number of hydrogen-bond donors (Lipinski definition) is 0. The fourth-order valence-electron chi connectivity index (χ4n) is 3.15. The van der Waals surface area contributed by atoms with E-state index in [4.69, 9.17) is 4.74 Å². The quantitative estimate of drug-likeness (QED) is 0.797. The Bertz CT molecular complexity index is 757. The molecule has 1 unspecified atom stereocenters. The highest BCUT2D eigenvalue weighted by molar-refractivity contribution is 5.94. The fraction of sp³-hybridized carbons (Fsp3) is 0.316. The van der Waals surface area contributed by atoms with Gasteiger partial charge in [0.1, 0.15) is 11.5 Å². The molecule has 1 aliphatic rings. The lowest BCUT2D eigenvalue weighted by molar-refractivity contribution is -0.274. The van der Waals surface area contributed by atoms with Gasteiger partial charge in [0.25, 0.3) is 5.91 Å². The number of methoxy groups -OCH3 is 1. The zero-order valence-corrected chi connectivity index (χ0v) is 14.1. The average molecular weight is 365 g/mol. The molecule has 1 amide bonds. The van der Waals surface area contributed by atoms with Crippen LogP contribution in [0.15, 0.2) is 48.5 Å². The van der Waals surface area contributed by atoms with Gasteiger partial charge in [0.15, 0.2) is 0 Å². The molecule has 1 aliphatic heterocycles. The third kappa shape index (κ3) is 4.09. The molecule has 2 aromatic carbocycles. The first-order chi connectivity index (χ1) is 12.4. The minimum Gasteiger partial charge on any atom is -0.497 e. The Morgan fingerprint density at radius 3 is 2.23 bits per heavy atom. The summed E-state index contributed by atoms with van der Waals surface area (Å²) in [6.07, 6.45) is -3.04. The Hall–Kier alpha value is -2.70. The zero-order chi connectivity index (χ0) is 18.7. The normalized spacial score (nSPS) is 17.2. The van der Waals surface area contributed by atoms with Gasteiger partial charge in [0.05, 0.1) is 13.2 Å². The number of ether oxygens (including phenoxy) is 2. The lowest BCUT2D eigenvalue weighted by Gasteiger charge is -2.25. The molecule has 7 heteroatoms. The van der Waals surface area contributed by atoms with Gasteiger partial charge in [0.2, 0.25) is 0 Å². The van der Waals surface area contributed by atoms with Crippen LogP contribution in [0.5, 0.6) is 11.5 Å². The Morgan fingerprint density at radius 2 is 1.65 bits per heavy atom. The van der Waals surface area contributed by atoms with Crippen molar-refractivity contribution in [3.63, 3.8) is 0 Å². The van der Waals surface area contributed by atoms with Crippen molar-refractivity contribution in [2.24, 2.45) is 0 Å². The van der Waals surface area contributed by atoms with Crippen molar-refractivity contribution in [2.45, 2.75) is 25.2 Å². The van der Waals surface area contributed by atoms with Crippen molar-refractivity contribution in [1.29, 1.82) is 0 Å². The van der Waals surface area contributed by atoms with Gasteiger partial charge in [-0.3, -0.25) is 4.79 Å². The maximum Gasteiger partial charge on any atom is 0.573 e. The number of nitrogens with zero attached hydrogens (tertiary/aromatic N) is 1. The van der Waals surface area contributed by atoms with E-state index < -0.39 is 6.36 Å². The molecule has 0 radical (unpaired) electrons. The summed E-state index contributed by atoms with van der Waals surface area (Å²) in [5.41, 5.74) is 1.34. The largest absolute Gasteiger partial charge is 0.573 e. The summed E-state index contributed by atoms with van der Waals surface area (Å²) in [5, 5.41) is 0. The van der Waals surface area contributed by atoms with E-state index in [2.05, 4.69) is 4.74 Å². The van der Waals surface area contributed by atoms with Gasteiger partial charge in [0, 0.05) is 12.1 Å². The SMILES string of the molecule is COc1ccc(C2CCCN2C(=O)c2ccc(OC(F)(F)F)cc2)cc1. The van der Waals surface area contributed by atoms with E-state index in [1.54, 1.807) is 12.0 Å². The van der Waals surface area contributed by atoms with Gasteiger partial charge in [-0.2, -0.15) is 0 Å². The van der Waals surface area contributed by atoms with Crippen LogP contribution in [-0.4, -0.2) is 30.8 Å². The van der Waals surface area contributed by atoms with Crippen molar-refractivity contribution < 1.29 is 27.4 Å².